The summed E-state index contributed by atoms with van der Waals surface area (Å²) in [4.78, 5) is 36.0. The summed E-state index contributed by atoms with van der Waals surface area (Å²) in [6.45, 7) is 4.04. The summed E-state index contributed by atoms with van der Waals surface area (Å²) >= 11 is 1.24. The highest BCUT2D eigenvalue weighted by Gasteiger charge is 2.32. The molecular weight excluding hydrogens is 619 g/mol. The minimum Gasteiger partial charge on any atom is -0.406 e. The van der Waals surface area contributed by atoms with Gasteiger partial charge in [0.05, 0.1) is 23.3 Å². The van der Waals surface area contributed by atoms with E-state index >= 15 is 0 Å². The molecule has 0 radical (unpaired) electrons. The number of halogens is 3. The van der Waals surface area contributed by atoms with Crippen molar-refractivity contribution in [3.63, 3.8) is 0 Å². The number of amidine groups is 1. The van der Waals surface area contributed by atoms with Crippen LogP contribution in [0.2, 0.25) is 0 Å². The van der Waals surface area contributed by atoms with Crippen LogP contribution >= 0.6 is 11.8 Å². The zero-order chi connectivity index (χ0) is 32.8. The summed E-state index contributed by atoms with van der Waals surface area (Å²) in [6.07, 6.45) is -1.55. The highest BCUT2D eigenvalue weighted by Crippen LogP contribution is 2.31. The van der Waals surface area contributed by atoms with E-state index in [4.69, 9.17) is 0 Å². The number of rotatable bonds is 10. The Hall–Kier alpha value is -4.69. The molecule has 0 spiro atoms. The van der Waals surface area contributed by atoms with Crippen LogP contribution in [0.5, 0.6) is 5.75 Å². The minimum absolute atomic E-state index is 0.113. The number of likely N-dealkylation sites (N-methyl/N-ethyl adjacent to an activating group) is 1. The Bertz CT molecular complexity index is 1720. The number of nitrogens with zero attached hydrogens (tertiary/aromatic N) is 5. The monoisotopic (exact) mass is 651 g/mol. The average Bonchev–Trinajstić information content (AvgIpc) is 3.65. The topological polar surface area (TPSA) is 114 Å². The molecule has 1 aliphatic rings. The molecule has 2 heterocycles. The molecule has 1 aromatic heterocycles. The average molecular weight is 652 g/mol. The lowest BCUT2D eigenvalue weighted by Gasteiger charge is -2.21. The number of carbonyl (C=O) groups is 2. The molecule has 1 fully saturated rings. The summed E-state index contributed by atoms with van der Waals surface area (Å²) in [6, 6.07) is 18.2. The molecule has 2 N–H and O–H groups in total. The Morgan fingerprint density at radius 3 is 2.52 bits per heavy atom. The highest BCUT2D eigenvalue weighted by molar-refractivity contribution is 8.15. The number of alkyl halides is 3. The normalized spacial score (nSPS) is 15.0. The Balaban J connectivity index is 1.22. The fourth-order valence-electron chi connectivity index (χ4n) is 4.88. The number of aromatic nitrogens is 3. The third-order valence-corrected chi connectivity index (χ3v) is 8.01. The molecule has 5 rings (SSSR count). The fourth-order valence-corrected chi connectivity index (χ4v) is 5.74. The van der Waals surface area contributed by atoms with Crippen LogP contribution in [0.4, 0.5) is 23.7 Å². The van der Waals surface area contributed by atoms with Crippen LogP contribution in [0.15, 0.2) is 78.0 Å². The van der Waals surface area contributed by atoms with Crippen molar-refractivity contribution in [1.82, 2.24) is 25.4 Å². The van der Waals surface area contributed by atoms with Gasteiger partial charge in [-0.05, 0) is 67.4 Å². The van der Waals surface area contributed by atoms with Crippen molar-refractivity contribution < 1.29 is 27.5 Å². The van der Waals surface area contributed by atoms with Crippen LogP contribution in [0.3, 0.4) is 0 Å². The molecular formula is C32H32F3N7O3S. The Labute approximate surface area is 268 Å². The van der Waals surface area contributed by atoms with Crippen LogP contribution in [0, 0.1) is 6.92 Å². The molecule has 3 amide bonds. The molecule has 1 saturated heterocycles. The number of amides is 3. The van der Waals surface area contributed by atoms with E-state index in [1.54, 1.807) is 11.9 Å². The number of aryl methyl sites for hydroxylation is 2. The first-order valence-corrected chi connectivity index (χ1v) is 15.5. The van der Waals surface area contributed by atoms with Crippen molar-refractivity contribution in [1.29, 1.82) is 0 Å². The fraction of sp³-hybridized carbons (Fsp3) is 0.281. The Morgan fingerprint density at radius 2 is 1.85 bits per heavy atom. The van der Waals surface area contributed by atoms with Gasteiger partial charge in [-0.1, -0.05) is 61.5 Å². The predicted octanol–water partition coefficient (Wildman–Crippen LogP) is 6.03. The lowest BCUT2D eigenvalue weighted by Crippen LogP contribution is -2.44. The van der Waals surface area contributed by atoms with Crippen LogP contribution in [0.1, 0.15) is 30.0 Å². The number of urea groups is 1. The summed E-state index contributed by atoms with van der Waals surface area (Å²) < 4.78 is 42.7. The number of benzene rings is 3. The lowest BCUT2D eigenvalue weighted by molar-refractivity contribution is -0.274. The largest absolute Gasteiger partial charge is 0.573 e. The number of nitrogens with one attached hydrogen (secondary N) is 2. The Kier molecular flexibility index (Phi) is 10.1. The number of carbonyl (C=O) groups excluding carboxylic acids is 2. The van der Waals surface area contributed by atoms with Crippen molar-refractivity contribution in [2.24, 2.45) is 4.99 Å². The summed E-state index contributed by atoms with van der Waals surface area (Å²) in [5.41, 5.74) is 4.99. The smallest absolute Gasteiger partial charge is 0.406 e. The predicted molar refractivity (Wildman–Crippen MR) is 171 cm³/mol. The number of thioether (sulfide) groups is 1. The van der Waals surface area contributed by atoms with E-state index in [1.807, 2.05) is 49.4 Å². The van der Waals surface area contributed by atoms with Crippen LogP contribution < -0.4 is 20.3 Å². The molecule has 46 heavy (non-hydrogen) atoms. The Morgan fingerprint density at radius 1 is 1.11 bits per heavy atom. The SMILES string of the molecule is CCCc1ccc(C)cc1N1C(=O)CS/C1=N\C(=O)NC(Cc1ccc(-c2ncn(-c3ccc(OC(F)(F)F)cc3)n2)cc1)NC. The van der Waals surface area contributed by atoms with Gasteiger partial charge in [-0.15, -0.1) is 18.3 Å². The van der Waals surface area contributed by atoms with E-state index in [9.17, 15) is 22.8 Å². The maximum atomic E-state index is 13.0. The zero-order valence-corrected chi connectivity index (χ0v) is 26.2. The van der Waals surface area contributed by atoms with Crippen molar-refractivity contribution >= 4 is 34.6 Å². The molecule has 0 aliphatic carbocycles. The molecule has 1 aliphatic heterocycles. The van der Waals surface area contributed by atoms with Crippen LogP contribution in [-0.4, -0.2) is 57.2 Å². The third-order valence-electron chi connectivity index (χ3n) is 7.09. The molecule has 0 bridgehead atoms. The zero-order valence-electron chi connectivity index (χ0n) is 25.3. The number of aliphatic imine (C=N–C) groups is 1. The first-order chi connectivity index (χ1) is 22.0. The van der Waals surface area contributed by atoms with Crippen molar-refractivity contribution in [3.05, 3.63) is 89.7 Å². The molecule has 240 valence electrons. The standard InChI is InChI=1S/C32H32F3N7O3S/c1-4-5-22-9-6-20(2)16-26(22)42-28(43)18-46-31(42)39-30(44)38-27(36-3)17-21-7-10-23(11-8-21)29-37-19-41(40-29)24-12-14-25(15-13-24)45-32(33,34)35/h6-16,19,27,36H,4-5,17-18H2,1-3H3,(H,38,44)/b39-31-. The minimum atomic E-state index is -4.76. The maximum absolute atomic E-state index is 13.0. The molecule has 1 atom stereocenters. The van der Waals surface area contributed by atoms with Gasteiger partial charge in [0.2, 0.25) is 5.91 Å². The maximum Gasteiger partial charge on any atom is 0.573 e. The van der Waals surface area contributed by atoms with E-state index < -0.39 is 18.6 Å². The van der Waals surface area contributed by atoms with Gasteiger partial charge < -0.3 is 15.4 Å². The number of hydrogen-bond acceptors (Lipinski definition) is 7. The van der Waals surface area contributed by atoms with Gasteiger partial charge in [-0.3, -0.25) is 9.69 Å². The summed E-state index contributed by atoms with van der Waals surface area (Å²) in [5.74, 6) is 0.204. The lowest BCUT2D eigenvalue weighted by atomic mass is 10.0. The first kappa shape index (κ1) is 32.7. The molecule has 4 aromatic rings. The van der Waals surface area contributed by atoms with E-state index in [0.29, 0.717) is 23.1 Å². The molecule has 14 heteroatoms. The number of anilines is 1. The van der Waals surface area contributed by atoms with Gasteiger partial charge in [0, 0.05) is 12.0 Å². The number of ether oxygens (including phenoxy) is 1. The quantitative estimate of drug-likeness (QED) is 0.202. The summed E-state index contributed by atoms with van der Waals surface area (Å²) in [7, 11) is 1.73. The van der Waals surface area contributed by atoms with Gasteiger partial charge in [0.25, 0.3) is 0 Å². The molecule has 3 aromatic carbocycles. The summed E-state index contributed by atoms with van der Waals surface area (Å²) in [5, 5.41) is 10.7. The number of hydrogen-bond donors (Lipinski definition) is 2. The van der Waals surface area contributed by atoms with E-state index in [-0.39, 0.29) is 17.4 Å². The second-order valence-electron chi connectivity index (χ2n) is 10.5. The first-order valence-electron chi connectivity index (χ1n) is 14.5. The van der Waals surface area contributed by atoms with E-state index in [0.717, 1.165) is 40.8 Å². The molecule has 10 nitrogen and oxygen atoms in total. The van der Waals surface area contributed by atoms with Crippen LogP contribution in [-0.2, 0) is 17.6 Å². The van der Waals surface area contributed by atoms with Gasteiger partial charge in [0.1, 0.15) is 12.1 Å². The molecule has 0 saturated carbocycles. The van der Waals surface area contributed by atoms with E-state index in [2.05, 4.69) is 37.4 Å². The van der Waals surface area contributed by atoms with Crippen molar-refractivity contribution in [3.8, 4) is 22.8 Å². The second kappa shape index (κ2) is 14.2. The van der Waals surface area contributed by atoms with Gasteiger partial charge in [0.15, 0.2) is 11.0 Å². The van der Waals surface area contributed by atoms with Crippen molar-refractivity contribution in [2.75, 3.05) is 17.7 Å². The van der Waals surface area contributed by atoms with Crippen molar-refractivity contribution in [2.45, 2.75) is 45.6 Å². The van der Waals surface area contributed by atoms with Crippen LogP contribution in [0.25, 0.3) is 17.1 Å². The molecule has 1 unspecified atom stereocenters. The van der Waals surface area contributed by atoms with Gasteiger partial charge in [-0.2, -0.15) is 4.99 Å². The van der Waals surface area contributed by atoms with E-state index in [1.165, 1.54) is 47.0 Å². The third kappa shape index (κ3) is 8.12. The van der Waals surface area contributed by atoms with Gasteiger partial charge >= 0.3 is 12.4 Å². The second-order valence-corrected chi connectivity index (χ2v) is 11.5. The highest BCUT2D eigenvalue weighted by atomic mass is 32.2. The van der Waals surface area contributed by atoms with Gasteiger partial charge in [-0.25, -0.2) is 14.5 Å².